The number of halogens is 2. The number of aromatic nitrogens is 2. The fraction of sp³-hybridized carbons (Fsp3) is 0.333. The van der Waals surface area contributed by atoms with Gasteiger partial charge in [0.25, 0.3) is 5.91 Å². The van der Waals surface area contributed by atoms with Gasteiger partial charge in [0.15, 0.2) is 0 Å². The third-order valence-electron chi connectivity index (χ3n) is 4.04. The normalized spacial score (nSPS) is 16.5. The number of nitrogens with two attached hydrogens (primary N) is 1. The molecule has 1 aliphatic heterocycles. The lowest BCUT2D eigenvalue weighted by atomic mass is 10.2. The van der Waals surface area contributed by atoms with Crippen molar-refractivity contribution in [2.45, 2.75) is 25.3 Å². The summed E-state index contributed by atoms with van der Waals surface area (Å²) < 4.78 is 21.7. The van der Waals surface area contributed by atoms with E-state index in [1.807, 2.05) is 4.57 Å². The highest BCUT2D eigenvalue weighted by molar-refractivity contribution is 9.10. The number of ether oxygens (including phenoxy) is 1. The Balaban J connectivity index is 1.98. The standard InChI is InChI=1S/C15H13BrFN3O2/c16-9-5-8-11(6-10(9)17)22-4-3-20-13(7-1-2-7)12(14(18)21)19-15(8)20/h5-7H,1-4H2,(H2,18,21). The van der Waals surface area contributed by atoms with Crippen molar-refractivity contribution in [1.29, 1.82) is 0 Å². The maximum absolute atomic E-state index is 13.7. The van der Waals surface area contributed by atoms with Crippen LogP contribution in [-0.4, -0.2) is 22.1 Å². The first-order valence-electron chi connectivity index (χ1n) is 7.08. The van der Waals surface area contributed by atoms with Gasteiger partial charge in [0.2, 0.25) is 0 Å². The van der Waals surface area contributed by atoms with Gasteiger partial charge >= 0.3 is 0 Å². The number of primary amides is 1. The molecule has 0 atom stereocenters. The summed E-state index contributed by atoms with van der Waals surface area (Å²) in [6.45, 7) is 0.963. The third-order valence-corrected chi connectivity index (χ3v) is 4.65. The molecule has 2 N–H and O–H groups in total. The Morgan fingerprint density at radius 1 is 1.45 bits per heavy atom. The van der Waals surface area contributed by atoms with Crippen molar-refractivity contribution < 1.29 is 13.9 Å². The molecule has 0 unspecified atom stereocenters. The molecule has 7 heteroatoms. The van der Waals surface area contributed by atoms with Crippen molar-refractivity contribution in [1.82, 2.24) is 9.55 Å². The summed E-state index contributed by atoms with van der Waals surface area (Å²) in [5, 5.41) is 0. The molecule has 0 radical (unpaired) electrons. The van der Waals surface area contributed by atoms with Crippen molar-refractivity contribution >= 4 is 21.8 Å². The lowest BCUT2D eigenvalue weighted by Gasteiger charge is -2.08. The van der Waals surface area contributed by atoms with Crippen LogP contribution in [0.1, 0.15) is 34.9 Å². The van der Waals surface area contributed by atoms with Crippen molar-refractivity contribution in [2.75, 3.05) is 6.61 Å². The lowest BCUT2D eigenvalue weighted by Crippen LogP contribution is -2.16. The molecule has 1 saturated carbocycles. The molecule has 22 heavy (non-hydrogen) atoms. The molecule has 1 amide bonds. The Kier molecular flexibility index (Phi) is 3.00. The Labute approximate surface area is 134 Å². The monoisotopic (exact) mass is 365 g/mol. The number of hydrogen-bond donors (Lipinski definition) is 1. The van der Waals surface area contributed by atoms with E-state index in [0.29, 0.717) is 46.4 Å². The number of hydrogen-bond acceptors (Lipinski definition) is 3. The fourth-order valence-electron chi connectivity index (χ4n) is 2.92. The Morgan fingerprint density at radius 2 is 2.23 bits per heavy atom. The van der Waals surface area contributed by atoms with E-state index in [2.05, 4.69) is 20.9 Å². The first-order valence-corrected chi connectivity index (χ1v) is 7.88. The fourth-order valence-corrected chi connectivity index (χ4v) is 3.26. The number of nitrogens with zero attached hydrogens (tertiary/aromatic N) is 2. The highest BCUT2D eigenvalue weighted by Crippen LogP contribution is 2.45. The maximum Gasteiger partial charge on any atom is 0.269 e. The van der Waals surface area contributed by atoms with E-state index in [9.17, 15) is 9.18 Å². The van der Waals surface area contributed by atoms with Crippen LogP contribution in [0.5, 0.6) is 5.75 Å². The third kappa shape index (κ3) is 2.03. The van der Waals surface area contributed by atoms with Gasteiger partial charge in [-0.1, -0.05) is 0 Å². The quantitative estimate of drug-likeness (QED) is 0.889. The smallest absolute Gasteiger partial charge is 0.269 e. The molecule has 2 aliphatic rings. The Morgan fingerprint density at radius 3 is 2.91 bits per heavy atom. The summed E-state index contributed by atoms with van der Waals surface area (Å²) in [4.78, 5) is 16.2. The molecule has 0 saturated heterocycles. The summed E-state index contributed by atoms with van der Waals surface area (Å²) in [6, 6.07) is 2.97. The van der Waals surface area contributed by atoms with Crippen LogP contribution < -0.4 is 10.5 Å². The second-order valence-corrected chi connectivity index (χ2v) is 6.42. The molecule has 5 nitrogen and oxygen atoms in total. The molecular weight excluding hydrogens is 353 g/mol. The van der Waals surface area contributed by atoms with Gasteiger partial charge in [-0.25, -0.2) is 9.37 Å². The van der Waals surface area contributed by atoms with Gasteiger partial charge in [0.1, 0.15) is 29.7 Å². The minimum absolute atomic E-state index is 0.325. The molecule has 1 aromatic heterocycles. The number of carbonyl (C=O) groups is 1. The summed E-state index contributed by atoms with van der Waals surface area (Å²) in [7, 11) is 0. The largest absolute Gasteiger partial charge is 0.491 e. The predicted molar refractivity (Wildman–Crippen MR) is 81.3 cm³/mol. The number of carbonyl (C=O) groups excluding carboxylic acids is 1. The van der Waals surface area contributed by atoms with Crippen molar-refractivity contribution in [3.8, 4) is 17.1 Å². The number of fused-ring (bicyclic) bond motifs is 3. The number of rotatable bonds is 2. The van der Waals surface area contributed by atoms with Gasteiger partial charge in [-0.15, -0.1) is 0 Å². The van der Waals surface area contributed by atoms with E-state index in [-0.39, 0.29) is 0 Å². The van der Waals surface area contributed by atoms with Crippen molar-refractivity contribution in [3.63, 3.8) is 0 Å². The average Bonchev–Trinajstić information content (AvgIpc) is 3.25. The molecule has 0 bridgehead atoms. The molecule has 2 aromatic rings. The van der Waals surface area contributed by atoms with Crippen LogP contribution >= 0.6 is 15.9 Å². The van der Waals surface area contributed by atoms with Gasteiger partial charge in [0.05, 0.1) is 22.3 Å². The zero-order valence-electron chi connectivity index (χ0n) is 11.6. The van der Waals surface area contributed by atoms with Crippen LogP contribution in [0.4, 0.5) is 4.39 Å². The molecule has 2 heterocycles. The van der Waals surface area contributed by atoms with Crippen LogP contribution in [0.25, 0.3) is 11.4 Å². The van der Waals surface area contributed by atoms with E-state index in [0.717, 1.165) is 18.5 Å². The first-order chi connectivity index (χ1) is 10.6. The van der Waals surface area contributed by atoms with Crippen LogP contribution in [0.3, 0.4) is 0 Å². The zero-order valence-corrected chi connectivity index (χ0v) is 13.2. The number of imidazole rings is 1. The van der Waals surface area contributed by atoms with E-state index in [1.165, 1.54) is 6.07 Å². The van der Waals surface area contributed by atoms with Gasteiger partial charge < -0.3 is 15.0 Å². The molecule has 1 fully saturated rings. The minimum atomic E-state index is -0.522. The van der Waals surface area contributed by atoms with E-state index >= 15 is 0 Å². The van der Waals surface area contributed by atoms with Crippen LogP contribution in [0, 0.1) is 5.82 Å². The molecule has 1 aromatic carbocycles. The second-order valence-electron chi connectivity index (χ2n) is 5.57. The first kappa shape index (κ1) is 13.8. The maximum atomic E-state index is 13.7. The van der Waals surface area contributed by atoms with Crippen LogP contribution in [-0.2, 0) is 6.54 Å². The van der Waals surface area contributed by atoms with E-state index in [1.54, 1.807) is 6.07 Å². The highest BCUT2D eigenvalue weighted by Gasteiger charge is 2.35. The topological polar surface area (TPSA) is 70.1 Å². The number of amides is 1. The van der Waals surface area contributed by atoms with Gasteiger partial charge in [-0.2, -0.15) is 0 Å². The summed E-state index contributed by atoms with van der Waals surface area (Å²) in [5.74, 6) is 0.461. The van der Waals surface area contributed by atoms with E-state index in [4.69, 9.17) is 10.5 Å². The van der Waals surface area contributed by atoms with Crippen LogP contribution in [0.2, 0.25) is 0 Å². The minimum Gasteiger partial charge on any atom is -0.491 e. The van der Waals surface area contributed by atoms with Crippen LogP contribution in [0.15, 0.2) is 16.6 Å². The number of benzene rings is 1. The molecular formula is C15H13BrFN3O2. The molecule has 114 valence electrons. The summed E-state index contributed by atoms with van der Waals surface area (Å²) >= 11 is 3.19. The summed E-state index contributed by atoms with van der Waals surface area (Å²) in [5.41, 5.74) is 7.37. The SMILES string of the molecule is NC(=O)c1nc2n(c1C1CC1)CCOc1cc(F)c(Br)cc1-2. The average molecular weight is 366 g/mol. The summed E-state index contributed by atoms with van der Waals surface area (Å²) in [6.07, 6.45) is 2.07. The highest BCUT2D eigenvalue weighted by atomic mass is 79.9. The molecule has 1 aliphatic carbocycles. The molecule has 0 spiro atoms. The predicted octanol–water partition coefficient (Wildman–Crippen LogP) is 2.82. The molecule has 4 rings (SSSR count). The van der Waals surface area contributed by atoms with Gasteiger partial charge in [0, 0.05) is 12.0 Å². The Bertz CT molecular complexity index is 799. The second kappa shape index (κ2) is 4.81. The van der Waals surface area contributed by atoms with Crippen molar-refractivity contribution in [2.24, 2.45) is 5.73 Å². The van der Waals surface area contributed by atoms with Gasteiger partial charge in [-0.05, 0) is 34.8 Å². The zero-order chi connectivity index (χ0) is 15.4. The van der Waals surface area contributed by atoms with Gasteiger partial charge in [-0.3, -0.25) is 4.79 Å². The Hall–Kier alpha value is -1.89. The van der Waals surface area contributed by atoms with E-state index < -0.39 is 11.7 Å². The lowest BCUT2D eigenvalue weighted by molar-refractivity contribution is 0.0994. The van der Waals surface area contributed by atoms with Crippen molar-refractivity contribution in [3.05, 3.63) is 33.8 Å².